The summed E-state index contributed by atoms with van der Waals surface area (Å²) < 4.78 is 5.05. The van der Waals surface area contributed by atoms with E-state index in [1.54, 1.807) is 44.2 Å². The van der Waals surface area contributed by atoms with Gasteiger partial charge in [0.15, 0.2) is 0 Å². The molecule has 0 atom stereocenters. The minimum atomic E-state index is -0.494. The summed E-state index contributed by atoms with van der Waals surface area (Å²) in [6.07, 6.45) is 0. The Morgan fingerprint density at radius 1 is 1.03 bits per heavy atom. The predicted octanol–water partition coefficient (Wildman–Crippen LogP) is 3.98. The van der Waals surface area contributed by atoms with Crippen LogP contribution in [0.5, 0.6) is 0 Å². The highest BCUT2D eigenvalue weighted by atomic mass is 16.5. The Kier molecular flexibility index (Phi) is 6.19. The quantitative estimate of drug-likeness (QED) is 0.641. The number of benzene rings is 2. The summed E-state index contributed by atoms with van der Waals surface area (Å²) in [5.41, 5.74) is 1.79. The minimum absolute atomic E-state index is 0.203. The third kappa shape index (κ3) is 4.76. The van der Waals surface area contributed by atoms with Crippen molar-refractivity contribution >= 4 is 29.1 Å². The summed E-state index contributed by atoms with van der Waals surface area (Å²) in [5.74, 6) is 0.128. The van der Waals surface area contributed by atoms with Crippen molar-refractivity contribution in [1.82, 2.24) is 9.97 Å². The molecule has 1 amide bonds. The van der Waals surface area contributed by atoms with Gasteiger partial charge in [-0.1, -0.05) is 30.3 Å². The second-order valence-electron chi connectivity index (χ2n) is 6.27. The van der Waals surface area contributed by atoms with Crippen LogP contribution in [0.15, 0.2) is 60.7 Å². The fraction of sp³-hybridized carbons (Fsp3) is 0.182. The van der Waals surface area contributed by atoms with Crippen LogP contribution in [0.4, 0.5) is 17.2 Å². The summed E-state index contributed by atoms with van der Waals surface area (Å²) >= 11 is 0. The van der Waals surface area contributed by atoms with Crippen LogP contribution in [0.3, 0.4) is 0 Å². The number of amides is 1. The Labute approximate surface area is 169 Å². The molecule has 0 spiro atoms. The molecule has 1 N–H and O–H groups in total. The van der Waals surface area contributed by atoms with Crippen LogP contribution < -0.4 is 10.2 Å². The van der Waals surface area contributed by atoms with Gasteiger partial charge in [0, 0.05) is 18.8 Å². The molecular weight excluding hydrogens is 368 g/mol. The van der Waals surface area contributed by atoms with Gasteiger partial charge in [0.1, 0.15) is 17.3 Å². The van der Waals surface area contributed by atoms with Gasteiger partial charge < -0.3 is 15.0 Å². The molecular formula is C22H22N4O3. The molecule has 0 aliphatic rings. The fourth-order valence-electron chi connectivity index (χ4n) is 2.79. The van der Waals surface area contributed by atoms with Gasteiger partial charge in [-0.3, -0.25) is 4.79 Å². The van der Waals surface area contributed by atoms with E-state index in [2.05, 4.69) is 15.3 Å². The first-order valence-corrected chi connectivity index (χ1v) is 9.21. The summed E-state index contributed by atoms with van der Waals surface area (Å²) in [7, 11) is 1.87. The number of hydrogen-bond donors (Lipinski definition) is 1. The number of anilines is 3. The average molecular weight is 390 g/mol. The number of aryl methyl sites for hydroxylation is 1. The van der Waals surface area contributed by atoms with Crippen LogP contribution in [0, 0.1) is 6.92 Å². The van der Waals surface area contributed by atoms with Crippen LogP contribution in [-0.2, 0) is 4.74 Å². The topological polar surface area (TPSA) is 84.4 Å². The fourth-order valence-corrected chi connectivity index (χ4v) is 2.79. The van der Waals surface area contributed by atoms with Crippen molar-refractivity contribution in [3.05, 3.63) is 77.7 Å². The van der Waals surface area contributed by atoms with Crippen molar-refractivity contribution in [1.29, 1.82) is 0 Å². The number of hydrogen-bond acceptors (Lipinski definition) is 6. The van der Waals surface area contributed by atoms with Crippen LogP contribution in [0.2, 0.25) is 0 Å². The highest BCUT2D eigenvalue weighted by Gasteiger charge is 2.17. The summed E-state index contributed by atoms with van der Waals surface area (Å²) in [6, 6.07) is 18.0. The summed E-state index contributed by atoms with van der Waals surface area (Å²) in [5, 5.41) is 2.75. The highest BCUT2D eigenvalue weighted by molar-refractivity contribution is 6.07. The van der Waals surface area contributed by atoms with Crippen molar-refractivity contribution in [3.8, 4) is 0 Å². The molecule has 0 aliphatic carbocycles. The third-order valence-electron chi connectivity index (χ3n) is 4.21. The maximum absolute atomic E-state index is 12.8. The van der Waals surface area contributed by atoms with Gasteiger partial charge in [-0.25, -0.2) is 14.8 Å². The Morgan fingerprint density at radius 2 is 1.72 bits per heavy atom. The summed E-state index contributed by atoms with van der Waals surface area (Å²) in [4.78, 5) is 35.5. The molecule has 0 fully saturated rings. The van der Waals surface area contributed by atoms with E-state index < -0.39 is 11.9 Å². The Bertz CT molecular complexity index is 1020. The van der Waals surface area contributed by atoms with Crippen LogP contribution >= 0.6 is 0 Å². The molecule has 0 aliphatic heterocycles. The SMILES string of the molecule is CCOC(=O)c1ccccc1NC(=O)c1cc(N(C)c2ccccc2)nc(C)n1. The number of esters is 1. The van der Waals surface area contributed by atoms with Gasteiger partial charge in [0.05, 0.1) is 17.9 Å². The van der Waals surface area contributed by atoms with E-state index in [4.69, 9.17) is 4.74 Å². The lowest BCUT2D eigenvalue weighted by atomic mass is 10.1. The van der Waals surface area contributed by atoms with E-state index in [9.17, 15) is 9.59 Å². The van der Waals surface area contributed by atoms with Gasteiger partial charge in [0.2, 0.25) is 0 Å². The standard InChI is InChI=1S/C22H22N4O3/c1-4-29-22(28)17-12-8-9-13-18(17)25-21(27)19-14-20(24-15(2)23-19)26(3)16-10-6-5-7-11-16/h5-14H,4H2,1-3H3,(H,25,27). The van der Waals surface area contributed by atoms with Gasteiger partial charge in [-0.15, -0.1) is 0 Å². The van der Waals surface area contributed by atoms with Crippen molar-refractivity contribution in [2.45, 2.75) is 13.8 Å². The van der Waals surface area contributed by atoms with Crippen molar-refractivity contribution < 1.29 is 14.3 Å². The molecule has 1 heterocycles. The second kappa shape index (κ2) is 8.97. The zero-order valence-electron chi connectivity index (χ0n) is 16.5. The maximum Gasteiger partial charge on any atom is 0.340 e. The predicted molar refractivity (Wildman–Crippen MR) is 112 cm³/mol. The van der Waals surface area contributed by atoms with Crippen LogP contribution in [-0.4, -0.2) is 35.5 Å². The number of aromatic nitrogens is 2. The minimum Gasteiger partial charge on any atom is -0.462 e. The van der Waals surface area contributed by atoms with Crippen LogP contribution in [0.1, 0.15) is 33.6 Å². The maximum atomic E-state index is 12.8. The molecule has 0 saturated carbocycles. The monoisotopic (exact) mass is 390 g/mol. The first-order chi connectivity index (χ1) is 14.0. The molecule has 148 valence electrons. The van der Waals surface area contributed by atoms with Crippen LogP contribution in [0.25, 0.3) is 0 Å². The van der Waals surface area contributed by atoms with Gasteiger partial charge in [-0.2, -0.15) is 0 Å². The Hall–Kier alpha value is -3.74. The number of carbonyl (C=O) groups excluding carboxylic acids is 2. The smallest absolute Gasteiger partial charge is 0.340 e. The molecule has 3 rings (SSSR count). The van der Waals surface area contributed by atoms with Gasteiger partial charge in [-0.05, 0) is 38.1 Å². The van der Waals surface area contributed by atoms with E-state index >= 15 is 0 Å². The van der Waals surface area contributed by atoms with E-state index in [0.29, 0.717) is 17.3 Å². The molecule has 0 bridgehead atoms. The number of rotatable bonds is 6. The van der Waals surface area contributed by atoms with Crippen molar-refractivity contribution in [2.24, 2.45) is 0 Å². The van der Waals surface area contributed by atoms with E-state index in [-0.39, 0.29) is 17.9 Å². The largest absolute Gasteiger partial charge is 0.462 e. The van der Waals surface area contributed by atoms with E-state index in [1.807, 2.05) is 42.3 Å². The number of carbonyl (C=O) groups is 2. The molecule has 1 aromatic heterocycles. The lowest BCUT2D eigenvalue weighted by Crippen LogP contribution is -2.19. The third-order valence-corrected chi connectivity index (χ3v) is 4.21. The zero-order chi connectivity index (χ0) is 20.8. The van der Waals surface area contributed by atoms with Gasteiger partial charge >= 0.3 is 5.97 Å². The van der Waals surface area contributed by atoms with E-state index in [1.165, 1.54) is 0 Å². The molecule has 7 heteroatoms. The van der Waals surface area contributed by atoms with Crippen molar-refractivity contribution in [3.63, 3.8) is 0 Å². The van der Waals surface area contributed by atoms with E-state index in [0.717, 1.165) is 5.69 Å². The number of ether oxygens (including phenoxy) is 1. The lowest BCUT2D eigenvalue weighted by Gasteiger charge is -2.19. The molecule has 2 aromatic carbocycles. The first-order valence-electron chi connectivity index (χ1n) is 9.21. The molecule has 0 saturated heterocycles. The number of nitrogens with one attached hydrogen (secondary N) is 1. The van der Waals surface area contributed by atoms with Gasteiger partial charge in [0.25, 0.3) is 5.91 Å². The molecule has 29 heavy (non-hydrogen) atoms. The molecule has 0 radical (unpaired) electrons. The highest BCUT2D eigenvalue weighted by Crippen LogP contribution is 2.23. The Balaban J connectivity index is 1.88. The van der Waals surface area contributed by atoms with Crippen molar-refractivity contribution in [2.75, 3.05) is 23.9 Å². The first kappa shape index (κ1) is 20.0. The molecule has 7 nitrogen and oxygen atoms in total. The lowest BCUT2D eigenvalue weighted by molar-refractivity contribution is 0.0527. The molecule has 3 aromatic rings. The normalized spacial score (nSPS) is 10.3. The zero-order valence-corrected chi connectivity index (χ0v) is 16.5. The molecule has 0 unspecified atom stereocenters. The average Bonchev–Trinajstić information content (AvgIpc) is 2.74. The number of nitrogens with zero attached hydrogens (tertiary/aromatic N) is 3. The number of para-hydroxylation sites is 2. The second-order valence-corrected chi connectivity index (χ2v) is 6.27. The summed E-state index contributed by atoms with van der Waals surface area (Å²) in [6.45, 7) is 3.71. The Morgan fingerprint density at radius 3 is 2.45 bits per heavy atom.